The van der Waals surface area contributed by atoms with Crippen LogP contribution in [0.2, 0.25) is 0 Å². The molecule has 1 N–H and O–H groups in total. The van der Waals surface area contributed by atoms with E-state index in [-0.39, 0.29) is 5.54 Å². The van der Waals surface area contributed by atoms with Crippen LogP contribution < -0.4 is 5.32 Å². The van der Waals surface area contributed by atoms with Crippen molar-refractivity contribution in [3.63, 3.8) is 0 Å². The van der Waals surface area contributed by atoms with E-state index in [1.54, 1.807) is 0 Å². The first kappa shape index (κ1) is 15.6. The minimum Gasteiger partial charge on any atom is -0.381 e. The molecule has 134 valence electrons. The Hall–Kier alpha value is -1.66. The molecule has 2 aromatic heterocycles. The number of rotatable bonds is 2. The summed E-state index contributed by atoms with van der Waals surface area (Å²) in [5.74, 6) is 1.82. The minimum absolute atomic E-state index is 0.00878. The quantitative estimate of drug-likeness (QED) is 0.906. The Labute approximate surface area is 147 Å². The van der Waals surface area contributed by atoms with Gasteiger partial charge < -0.3 is 19.1 Å². The van der Waals surface area contributed by atoms with Crippen LogP contribution in [0.4, 0.5) is 0 Å². The lowest BCUT2D eigenvalue weighted by atomic mass is 9.82. The van der Waals surface area contributed by atoms with Gasteiger partial charge in [0.05, 0.1) is 24.1 Å². The second-order valence-corrected chi connectivity index (χ2v) is 7.92. The molecule has 0 saturated carbocycles. The highest BCUT2D eigenvalue weighted by molar-refractivity contribution is 5.30. The Bertz CT molecular complexity index is 772. The fourth-order valence-electron chi connectivity index (χ4n) is 4.77. The first-order chi connectivity index (χ1) is 12.3. The van der Waals surface area contributed by atoms with Crippen LogP contribution in [0.5, 0.6) is 0 Å². The number of aryl methyl sites for hydroxylation is 1. The van der Waals surface area contributed by atoms with Crippen molar-refractivity contribution in [1.82, 2.24) is 20.0 Å². The van der Waals surface area contributed by atoms with E-state index in [9.17, 15) is 0 Å². The lowest BCUT2D eigenvalue weighted by molar-refractivity contribution is 0.0322. The van der Waals surface area contributed by atoms with Crippen LogP contribution in [-0.2, 0) is 36.1 Å². The molecular formula is C19H26N4O2. The first-order valence-corrected chi connectivity index (χ1v) is 9.59. The third-order valence-electron chi connectivity index (χ3n) is 6.26. The predicted octanol–water partition coefficient (Wildman–Crippen LogP) is 2.20. The number of nitrogens with one attached hydrogen (secondary N) is 1. The summed E-state index contributed by atoms with van der Waals surface area (Å²) >= 11 is 0. The molecule has 1 fully saturated rings. The molecule has 0 bridgehead atoms. The number of ether oxygens (including phenoxy) is 1. The Morgan fingerprint density at radius 1 is 1.32 bits per heavy atom. The third kappa shape index (κ3) is 2.54. The molecule has 0 aromatic carbocycles. The van der Waals surface area contributed by atoms with Gasteiger partial charge in [-0.1, -0.05) is 12.1 Å². The van der Waals surface area contributed by atoms with Crippen molar-refractivity contribution in [2.75, 3.05) is 19.8 Å². The zero-order valence-corrected chi connectivity index (χ0v) is 14.9. The fourth-order valence-corrected chi connectivity index (χ4v) is 4.77. The highest BCUT2D eigenvalue weighted by Gasteiger charge is 2.40. The molecule has 1 unspecified atom stereocenters. The Morgan fingerprint density at radius 3 is 3.08 bits per heavy atom. The second kappa shape index (κ2) is 5.95. The van der Waals surface area contributed by atoms with Gasteiger partial charge in [-0.25, -0.2) is 4.98 Å². The lowest BCUT2D eigenvalue weighted by Crippen LogP contribution is -2.51. The standard InChI is InChI=1S/C19H26N4O2/c1-13-2-3-17-14(10-13)15(22-25-17)11-23-12-20-18-16(23)4-7-21-19(18)5-8-24-9-6-19/h12-13,21H,2-11H2,1H3. The van der Waals surface area contributed by atoms with Crippen molar-refractivity contribution in [2.45, 2.75) is 57.5 Å². The van der Waals surface area contributed by atoms with Gasteiger partial charge in [-0.3, -0.25) is 0 Å². The summed E-state index contributed by atoms with van der Waals surface area (Å²) in [6.07, 6.45) is 8.36. The highest BCUT2D eigenvalue weighted by atomic mass is 16.5. The maximum absolute atomic E-state index is 5.63. The van der Waals surface area contributed by atoms with E-state index in [0.717, 1.165) is 75.8 Å². The molecule has 0 amide bonds. The summed E-state index contributed by atoms with van der Waals surface area (Å²) in [6, 6.07) is 0. The van der Waals surface area contributed by atoms with Gasteiger partial charge in [-0.2, -0.15) is 0 Å². The average Bonchev–Trinajstić information content (AvgIpc) is 3.22. The molecule has 1 aliphatic carbocycles. The summed E-state index contributed by atoms with van der Waals surface area (Å²) in [7, 11) is 0. The van der Waals surface area contributed by atoms with Crippen LogP contribution in [-0.4, -0.2) is 34.5 Å². The molecule has 25 heavy (non-hydrogen) atoms. The van der Waals surface area contributed by atoms with Gasteiger partial charge in [0.15, 0.2) is 0 Å². The summed E-state index contributed by atoms with van der Waals surface area (Å²) < 4.78 is 13.5. The summed E-state index contributed by atoms with van der Waals surface area (Å²) in [4.78, 5) is 4.83. The van der Waals surface area contributed by atoms with E-state index < -0.39 is 0 Å². The molecule has 6 heteroatoms. The van der Waals surface area contributed by atoms with Crippen LogP contribution in [0, 0.1) is 5.92 Å². The SMILES string of the molecule is CC1CCc2onc(Cn3cnc4c3CCNC43CCOCC3)c2C1. The van der Waals surface area contributed by atoms with Gasteiger partial charge in [-0.05, 0) is 31.6 Å². The van der Waals surface area contributed by atoms with Crippen molar-refractivity contribution in [3.8, 4) is 0 Å². The predicted molar refractivity (Wildman–Crippen MR) is 92.5 cm³/mol. The molecule has 4 heterocycles. The molecule has 3 aliphatic rings. The molecule has 1 saturated heterocycles. The summed E-state index contributed by atoms with van der Waals surface area (Å²) in [5.41, 5.74) is 5.04. The molecule has 1 atom stereocenters. The molecule has 2 aliphatic heterocycles. The van der Waals surface area contributed by atoms with Crippen LogP contribution in [0.1, 0.15) is 54.6 Å². The van der Waals surface area contributed by atoms with Crippen LogP contribution in [0.3, 0.4) is 0 Å². The topological polar surface area (TPSA) is 65.1 Å². The maximum Gasteiger partial charge on any atom is 0.140 e. The van der Waals surface area contributed by atoms with Gasteiger partial charge in [0.1, 0.15) is 11.5 Å². The van der Waals surface area contributed by atoms with E-state index >= 15 is 0 Å². The van der Waals surface area contributed by atoms with E-state index in [1.165, 1.54) is 23.4 Å². The van der Waals surface area contributed by atoms with Crippen LogP contribution >= 0.6 is 0 Å². The van der Waals surface area contributed by atoms with Crippen LogP contribution in [0.15, 0.2) is 10.9 Å². The molecule has 2 aromatic rings. The van der Waals surface area contributed by atoms with Crippen molar-refractivity contribution in [3.05, 3.63) is 34.7 Å². The smallest absolute Gasteiger partial charge is 0.140 e. The van der Waals surface area contributed by atoms with Gasteiger partial charge >= 0.3 is 0 Å². The first-order valence-electron chi connectivity index (χ1n) is 9.59. The summed E-state index contributed by atoms with van der Waals surface area (Å²) in [5, 5.41) is 8.13. The number of fused-ring (bicyclic) bond motifs is 3. The normalized spacial score (nSPS) is 24.9. The molecule has 6 nitrogen and oxygen atoms in total. The van der Waals surface area contributed by atoms with E-state index in [1.807, 2.05) is 6.33 Å². The van der Waals surface area contributed by atoms with Gasteiger partial charge in [0.2, 0.25) is 0 Å². The number of aromatic nitrogens is 3. The Morgan fingerprint density at radius 2 is 2.20 bits per heavy atom. The van der Waals surface area contributed by atoms with Crippen molar-refractivity contribution >= 4 is 0 Å². The van der Waals surface area contributed by atoms with Crippen molar-refractivity contribution in [2.24, 2.45) is 5.92 Å². The van der Waals surface area contributed by atoms with E-state index in [2.05, 4.69) is 22.0 Å². The van der Waals surface area contributed by atoms with Crippen LogP contribution in [0.25, 0.3) is 0 Å². The number of hydrogen-bond donors (Lipinski definition) is 1. The van der Waals surface area contributed by atoms with Crippen molar-refractivity contribution in [1.29, 1.82) is 0 Å². The number of nitrogens with zero attached hydrogens (tertiary/aromatic N) is 3. The second-order valence-electron chi connectivity index (χ2n) is 7.92. The molecule has 1 spiro atoms. The number of imidazole rings is 1. The maximum atomic E-state index is 5.63. The van der Waals surface area contributed by atoms with E-state index in [4.69, 9.17) is 14.2 Å². The molecule has 0 radical (unpaired) electrons. The van der Waals surface area contributed by atoms with Gasteiger partial charge in [0.25, 0.3) is 0 Å². The Balaban J connectivity index is 1.46. The molecule has 5 rings (SSSR count). The highest BCUT2D eigenvalue weighted by Crippen LogP contribution is 2.36. The Kier molecular flexibility index (Phi) is 3.71. The lowest BCUT2D eigenvalue weighted by Gasteiger charge is -2.40. The minimum atomic E-state index is 0.00878. The largest absolute Gasteiger partial charge is 0.381 e. The van der Waals surface area contributed by atoms with Crippen molar-refractivity contribution < 1.29 is 9.26 Å². The zero-order chi connectivity index (χ0) is 16.9. The zero-order valence-electron chi connectivity index (χ0n) is 14.9. The molecular weight excluding hydrogens is 316 g/mol. The third-order valence-corrected chi connectivity index (χ3v) is 6.26. The van der Waals surface area contributed by atoms with Gasteiger partial charge in [0, 0.05) is 43.9 Å². The fraction of sp³-hybridized carbons (Fsp3) is 0.684. The van der Waals surface area contributed by atoms with Gasteiger partial charge in [-0.15, -0.1) is 0 Å². The monoisotopic (exact) mass is 342 g/mol. The number of hydrogen-bond acceptors (Lipinski definition) is 5. The van der Waals surface area contributed by atoms with E-state index in [0.29, 0.717) is 0 Å². The summed E-state index contributed by atoms with van der Waals surface area (Å²) in [6.45, 7) is 5.73. The average molecular weight is 342 g/mol.